The topological polar surface area (TPSA) is 60.6 Å². The predicted molar refractivity (Wildman–Crippen MR) is 108 cm³/mol. The normalized spacial score (nSPS) is 12.6. The van der Waals surface area contributed by atoms with E-state index >= 15 is 0 Å². The molecule has 31 heavy (non-hydrogen) atoms. The molecular weight excluding hydrogens is 411 g/mol. The number of H-pyrrole nitrogens is 1. The fraction of sp³-hybridized carbons (Fsp3) is 0.0870. The fourth-order valence-electron chi connectivity index (χ4n) is 3.53. The van der Waals surface area contributed by atoms with Gasteiger partial charge in [0, 0.05) is 22.5 Å². The monoisotopic (exact) mass is 425 g/mol. The molecule has 4 aromatic rings. The van der Waals surface area contributed by atoms with Crippen molar-refractivity contribution in [2.24, 2.45) is 0 Å². The average Bonchev–Trinajstić information content (AvgIpc) is 2.74. The van der Waals surface area contributed by atoms with Crippen LogP contribution in [0.4, 0.5) is 13.2 Å². The molecule has 1 aliphatic heterocycles. The molecule has 5 rings (SSSR count). The van der Waals surface area contributed by atoms with Crippen molar-refractivity contribution in [1.82, 2.24) is 4.98 Å². The van der Waals surface area contributed by atoms with Gasteiger partial charge in [-0.05, 0) is 48.5 Å². The Bertz CT molecular complexity index is 1340. The Labute approximate surface area is 173 Å². The van der Waals surface area contributed by atoms with Gasteiger partial charge in [0.1, 0.15) is 29.6 Å². The van der Waals surface area contributed by atoms with Crippen LogP contribution in [0.15, 0.2) is 71.5 Å². The van der Waals surface area contributed by atoms with Crippen LogP contribution in [0.3, 0.4) is 0 Å². The van der Waals surface area contributed by atoms with E-state index in [1.165, 1.54) is 24.3 Å². The smallest absolute Gasteiger partial charge is 0.488 e. The molecule has 0 spiro atoms. The number of alkyl halides is 3. The number of nitrogens with one attached hydrogen (secondary N) is 1. The number of hydrogen-bond acceptors (Lipinski definition) is 4. The zero-order valence-corrected chi connectivity index (χ0v) is 15.8. The van der Waals surface area contributed by atoms with Crippen molar-refractivity contribution >= 4 is 10.9 Å². The lowest BCUT2D eigenvalue weighted by Gasteiger charge is -2.21. The second kappa shape index (κ2) is 7.09. The summed E-state index contributed by atoms with van der Waals surface area (Å²) in [5.41, 5.74) is 2.65. The number of aromatic nitrogens is 1. The van der Waals surface area contributed by atoms with Crippen LogP contribution in [0.1, 0.15) is 5.56 Å². The zero-order valence-electron chi connectivity index (χ0n) is 15.8. The minimum Gasteiger partial charge on any atom is -0.488 e. The number of aromatic amines is 1. The second-order valence-electron chi connectivity index (χ2n) is 6.92. The van der Waals surface area contributed by atoms with Crippen molar-refractivity contribution in [2.75, 3.05) is 0 Å². The van der Waals surface area contributed by atoms with E-state index in [0.717, 1.165) is 11.1 Å². The highest BCUT2D eigenvalue weighted by Crippen LogP contribution is 2.39. The Morgan fingerprint density at radius 3 is 2.39 bits per heavy atom. The minimum absolute atomic E-state index is 0.0727. The molecule has 8 heteroatoms. The lowest BCUT2D eigenvalue weighted by Crippen LogP contribution is -2.18. The number of halogens is 3. The van der Waals surface area contributed by atoms with Crippen LogP contribution < -0.4 is 19.6 Å². The van der Waals surface area contributed by atoms with Gasteiger partial charge >= 0.3 is 6.36 Å². The molecule has 1 N–H and O–H groups in total. The standard InChI is InChI=1S/C23H14F3NO4/c24-23(25,26)31-14-7-5-13(6-8-14)30-15-9-10-17-20(11-15)29-12-18-21(17)27-19-4-2-1-3-16(19)22(18)28/h1-11H,12H2,(H,27,28). The summed E-state index contributed by atoms with van der Waals surface area (Å²) >= 11 is 0. The third-order valence-corrected chi connectivity index (χ3v) is 4.89. The van der Waals surface area contributed by atoms with Gasteiger partial charge in [0.25, 0.3) is 0 Å². The first-order chi connectivity index (χ1) is 14.9. The van der Waals surface area contributed by atoms with Gasteiger partial charge in [-0.25, -0.2) is 0 Å². The molecule has 0 unspecified atom stereocenters. The van der Waals surface area contributed by atoms with Crippen molar-refractivity contribution in [1.29, 1.82) is 0 Å². The molecule has 0 saturated carbocycles. The Balaban J connectivity index is 1.44. The van der Waals surface area contributed by atoms with Crippen LogP contribution in [-0.2, 0) is 6.61 Å². The fourth-order valence-corrected chi connectivity index (χ4v) is 3.53. The maximum absolute atomic E-state index is 12.8. The third-order valence-electron chi connectivity index (χ3n) is 4.89. The first-order valence-corrected chi connectivity index (χ1v) is 9.32. The average molecular weight is 425 g/mol. The minimum atomic E-state index is -4.75. The Kier molecular flexibility index (Phi) is 4.35. The molecule has 0 saturated heterocycles. The molecule has 0 bridgehead atoms. The summed E-state index contributed by atoms with van der Waals surface area (Å²) in [7, 11) is 0. The molecular formula is C23H14F3NO4. The van der Waals surface area contributed by atoms with Crippen LogP contribution >= 0.6 is 0 Å². The highest BCUT2D eigenvalue weighted by Gasteiger charge is 2.31. The first kappa shape index (κ1) is 19.0. The molecule has 1 aromatic heterocycles. The van der Waals surface area contributed by atoms with E-state index in [1.54, 1.807) is 24.3 Å². The van der Waals surface area contributed by atoms with Gasteiger partial charge in [0.05, 0.1) is 11.3 Å². The number of benzene rings is 3. The molecule has 2 heterocycles. The molecule has 0 atom stereocenters. The molecule has 3 aromatic carbocycles. The highest BCUT2D eigenvalue weighted by molar-refractivity contribution is 5.85. The van der Waals surface area contributed by atoms with E-state index in [4.69, 9.17) is 9.47 Å². The van der Waals surface area contributed by atoms with Crippen molar-refractivity contribution in [3.05, 3.63) is 82.5 Å². The van der Waals surface area contributed by atoms with Crippen LogP contribution in [0, 0.1) is 0 Å². The largest absolute Gasteiger partial charge is 0.573 e. The lowest BCUT2D eigenvalue weighted by molar-refractivity contribution is -0.274. The maximum Gasteiger partial charge on any atom is 0.573 e. The second-order valence-corrected chi connectivity index (χ2v) is 6.92. The molecule has 156 valence electrons. The van der Waals surface area contributed by atoms with Crippen LogP contribution in [0.5, 0.6) is 23.0 Å². The van der Waals surface area contributed by atoms with Gasteiger partial charge < -0.3 is 19.2 Å². The zero-order chi connectivity index (χ0) is 21.6. The van der Waals surface area contributed by atoms with Crippen molar-refractivity contribution in [3.8, 4) is 34.3 Å². The number of pyridine rings is 1. The maximum atomic E-state index is 12.8. The number of fused-ring (bicyclic) bond motifs is 4. The predicted octanol–water partition coefficient (Wildman–Crippen LogP) is 5.78. The third kappa shape index (κ3) is 3.68. The van der Waals surface area contributed by atoms with Gasteiger partial charge in [0.2, 0.25) is 0 Å². The first-order valence-electron chi connectivity index (χ1n) is 9.32. The van der Waals surface area contributed by atoms with E-state index in [-0.39, 0.29) is 17.8 Å². The summed E-state index contributed by atoms with van der Waals surface area (Å²) < 4.78 is 52.2. The molecule has 0 radical (unpaired) electrons. The van der Waals surface area contributed by atoms with E-state index in [0.29, 0.717) is 33.9 Å². The molecule has 0 amide bonds. The van der Waals surface area contributed by atoms with Crippen molar-refractivity contribution < 1.29 is 27.4 Å². The summed E-state index contributed by atoms with van der Waals surface area (Å²) in [6.07, 6.45) is -4.75. The van der Waals surface area contributed by atoms with Crippen LogP contribution in [0.25, 0.3) is 22.2 Å². The SMILES string of the molecule is O=c1c2c([nH]c3ccccc13)-c1ccc(Oc3ccc(OC(F)(F)F)cc3)cc1OC2. The highest BCUT2D eigenvalue weighted by atomic mass is 19.4. The van der Waals surface area contributed by atoms with E-state index in [2.05, 4.69) is 9.72 Å². The summed E-state index contributed by atoms with van der Waals surface area (Å²) in [6.45, 7) is 0.120. The van der Waals surface area contributed by atoms with E-state index in [1.807, 2.05) is 18.2 Å². The summed E-state index contributed by atoms with van der Waals surface area (Å²) in [5.74, 6) is 0.981. The Morgan fingerprint density at radius 1 is 0.903 bits per heavy atom. The quantitative estimate of drug-likeness (QED) is 0.452. The summed E-state index contributed by atoms with van der Waals surface area (Å²) in [5, 5.41) is 0.603. The van der Waals surface area contributed by atoms with Crippen molar-refractivity contribution in [2.45, 2.75) is 13.0 Å². The summed E-state index contributed by atoms with van der Waals surface area (Å²) in [6, 6.07) is 17.5. The van der Waals surface area contributed by atoms with Crippen LogP contribution in [0.2, 0.25) is 0 Å². The van der Waals surface area contributed by atoms with Gasteiger partial charge in [-0.15, -0.1) is 13.2 Å². The van der Waals surface area contributed by atoms with Gasteiger partial charge in [-0.1, -0.05) is 12.1 Å². The van der Waals surface area contributed by atoms with Gasteiger partial charge in [0.15, 0.2) is 5.43 Å². The van der Waals surface area contributed by atoms with Gasteiger partial charge in [-0.3, -0.25) is 4.79 Å². The molecule has 5 nitrogen and oxygen atoms in total. The van der Waals surface area contributed by atoms with Gasteiger partial charge in [-0.2, -0.15) is 0 Å². The Hall–Kier alpha value is -3.94. The summed E-state index contributed by atoms with van der Waals surface area (Å²) in [4.78, 5) is 16.1. The van der Waals surface area contributed by atoms with E-state index in [9.17, 15) is 18.0 Å². The number of hydrogen-bond donors (Lipinski definition) is 1. The molecule has 0 aliphatic carbocycles. The Morgan fingerprint density at radius 2 is 1.61 bits per heavy atom. The van der Waals surface area contributed by atoms with Crippen molar-refractivity contribution in [3.63, 3.8) is 0 Å². The van der Waals surface area contributed by atoms with E-state index < -0.39 is 6.36 Å². The number of para-hydroxylation sites is 1. The number of rotatable bonds is 3. The van der Waals surface area contributed by atoms with Crippen LogP contribution in [-0.4, -0.2) is 11.3 Å². The number of ether oxygens (including phenoxy) is 3. The molecule has 1 aliphatic rings. The lowest BCUT2D eigenvalue weighted by atomic mass is 10.00. The molecule has 0 fully saturated rings.